The monoisotopic (exact) mass is 349 g/mol. The molecule has 0 bridgehead atoms. The molecule has 0 unspecified atom stereocenters. The van der Waals surface area contributed by atoms with Crippen LogP contribution in [0.3, 0.4) is 0 Å². The van der Waals surface area contributed by atoms with Gasteiger partial charge in [0.2, 0.25) is 0 Å². The van der Waals surface area contributed by atoms with Crippen LogP contribution in [0.4, 0.5) is 0 Å². The number of amides is 1. The highest BCUT2D eigenvalue weighted by Gasteiger charge is 2.25. The Morgan fingerprint density at radius 2 is 2.15 bits per heavy atom. The number of benzene rings is 1. The minimum atomic E-state index is -0.0383. The minimum absolute atomic E-state index is 0.0383. The number of carbonyl (C=O) groups excluding carboxylic acids is 1. The van der Waals surface area contributed by atoms with E-state index in [9.17, 15) is 4.79 Å². The Labute approximate surface area is 151 Å². The van der Waals surface area contributed by atoms with E-state index in [2.05, 4.69) is 15.1 Å². The Morgan fingerprint density at radius 1 is 1.27 bits per heavy atom. The van der Waals surface area contributed by atoms with Crippen LogP contribution < -0.4 is 4.74 Å². The van der Waals surface area contributed by atoms with E-state index in [1.54, 1.807) is 31.4 Å². The van der Waals surface area contributed by atoms with E-state index in [4.69, 9.17) is 4.74 Å². The molecule has 2 aromatic heterocycles. The number of aromatic nitrogens is 4. The highest BCUT2D eigenvalue weighted by molar-refractivity contribution is 5.94. The molecule has 3 aromatic rings. The van der Waals surface area contributed by atoms with Gasteiger partial charge in [0.25, 0.3) is 5.91 Å². The molecule has 0 N–H and O–H groups in total. The summed E-state index contributed by atoms with van der Waals surface area (Å²) in [7, 11) is 3.42. The van der Waals surface area contributed by atoms with Crippen LogP contribution in [0, 0.1) is 0 Å². The Balaban J connectivity index is 1.60. The van der Waals surface area contributed by atoms with Crippen molar-refractivity contribution in [2.24, 2.45) is 7.05 Å². The summed E-state index contributed by atoms with van der Waals surface area (Å²) >= 11 is 0. The largest absolute Gasteiger partial charge is 0.497 e. The summed E-state index contributed by atoms with van der Waals surface area (Å²) in [6, 6.07) is 9.48. The molecule has 3 heterocycles. The number of hydrogen-bond donors (Lipinski definition) is 0. The zero-order chi connectivity index (χ0) is 18.1. The number of methoxy groups -OCH3 is 1. The van der Waals surface area contributed by atoms with Gasteiger partial charge < -0.3 is 9.64 Å². The van der Waals surface area contributed by atoms with Crippen molar-refractivity contribution < 1.29 is 9.53 Å². The van der Waals surface area contributed by atoms with E-state index < -0.39 is 0 Å². The van der Waals surface area contributed by atoms with Crippen molar-refractivity contribution in [3.8, 4) is 17.0 Å². The first-order valence-electron chi connectivity index (χ1n) is 8.41. The SMILES string of the molecule is COc1cccc(-c2cc(C(=O)N3CCc4ncncc4C3)n(C)n2)c1. The second-order valence-corrected chi connectivity index (χ2v) is 6.24. The number of fused-ring (bicyclic) bond motifs is 1. The molecule has 0 atom stereocenters. The van der Waals surface area contributed by atoms with Gasteiger partial charge in [0.1, 0.15) is 17.8 Å². The molecule has 1 aromatic carbocycles. The smallest absolute Gasteiger partial charge is 0.272 e. The predicted octanol–water partition coefficient (Wildman–Crippen LogP) is 2.08. The molecule has 7 heteroatoms. The zero-order valence-electron chi connectivity index (χ0n) is 14.7. The average Bonchev–Trinajstić information content (AvgIpc) is 3.08. The van der Waals surface area contributed by atoms with Crippen LogP contribution >= 0.6 is 0 Å². The summed E-state index contributed by atoms with van der Waals surface area (Å²) in [5.74, 6) is 0.720. The van der Waals surface area contributed by atoms with Crippen LogP contribution in [0.25, 0.3) is 11.3 Å². The van der Waals surface area contributed by atoms with Crippen LogP contribution in [0.15, 0.2) is 42.9 Å². The molecule has 0 saturated carbocycles. The molecule has 26 heavy (non-hydrogen) atoms. The molecule has 7 nitrogen and oxygen atoms in total. The van der Waals surface area contributed by atoms with E-state index >= 15 is 0 Å². The van der Waals surface area contributed by atoms with Crippen molar-refractivity contribution in [2.45, 2.75) is 13.0 Å². The molecule has 1 aliphatic rings. The Morgan fingerprint density at radius 3 is 3.00 bits per heavy atom. The summed E-state index contributed by atoms with van der Waals surface area (Å²) in [4.78, 5) is 23.2. The summed E-state index contributed by atoms with van der Waals surface area (Å²) in [6.07, 6.45) is 4.08. The van der Waals surface area contributed by atoms with Crippen molar-refractivity contribution in [1.29, 1.82) is 0 Å². The fraction of sp³-hybridized carbons (Fsp3) is 0.263. The summed E-state index contributed by atoms with van der Waals surface area (Å²) < 4.78 is 6.90. The highest BCUT2D eigenvalue weighted by atomic mass is 16.5. The number of carbonyl (C=O) groups is 1. The lowest BCUT2D eigenvalue weighted by atomic mass is 10.1. The fourth-order valence-corrected chi connectivity index (χ4v) is 3.19. The summed E-state index contributed by atoms with van der Waals surface area (Å²) in [5, 5.41) is 4.51. The third kappa shape index (κ3) is 2.92. The first kappa shape index (κ1) is 16.3. The molecular formula is C19H19N5O2. The van der Waals surface area contributed by atoms with E-state index in [-0.39, 0.29) is 5.91 Å². The number of rotatable bonds is 3. The third-order valence-electron chi connectivity index (χ3n) is 4.61. The van der Waals surface area contributed by atoms with E-state index in [1.165, 1.54) is 0 Å². The van der Waals surface area contributed by atoms with Gasteiger partial charge in [0.05, 0.1) is 18.5 Å². The van der Waals surface area contributed by atoms with Gasteiger partial charge in [-0.1, -0.05) is 12.1 Å². The Bertz CT molecular complexity index is 966. The summed E-state index contributed by atoms with van der Waals surface area (Å²) in [5.41, 5.74) is 4.24. The maximum absolute atomic E-state index is 13.0. The Hall–Kier alpha value is -3.22. The van der Waals surface area contributed by atoms with Gasteiger partial charge in [-0.2, -0.15) is 5.10 Å². The lowest BCUT2D eigenvalue weighted by Crippen LogP contribution is -2.37. The number of hydrogen-bond acceptors (Lipinski definition) is 5. The van der Waals surface area contributed by atoms with Gasteiger partial charge in [0.15, 0.2) is 0 Å². The maximum atomic E-state index is 13.0. The Kier molecular flexibility index (Phi) is 4.12. The van der Waals surface area contributed by atoms with Gasteiger partial charge in [-0.05, 0) is 18.2 Å². The fourth-order valence-electron chi connectivity index (χ4n) is 3.19. The quantitative estimate of drug-likeness (QED) is 0.724. The number of nitrogens with zero attached hydrogens (tertiary/aromatic N) is 5. The molecule has 0 radical (unpaired) electrons. The van der Waals surface area contributed by atoms with Gasteiger partial charge >= 0.3 is 0 Å². The van der Waals surface area contributed by atoms with Crippen molar-refractivity contribution >= 4 is 5.91 Å². The van der Waals surface area contributed by atoms with Gasteiger partial charge in [-0.25, -0.2) is 9.97 Å². The van der Waals surface area contributed by atoms with Crippen LogP contribution in [-0.2, 0) is 20.0 Å². The molecule has 0 spiro atoms. The average molecular weight is 349 g/mol. The van der Waals surface area contributed by atoms with Crippen molar-refractivity contribution in [1.82, 2.24) is 24.6 Å². The molecule has 4 rings (SSSR count). The van der Waals surface area contributed by atoms with E-state index in [1.807, 2.05) is 35.2 Å². The molecule has 1 amide bonds. The van der Waals surface area contributed by atoms with Gasteiger partial charge in [-0.3, -0.25) is 9.48 Å². The molecule has 132 valence electrons. The molecule has 1 aliphatic heterocycles. The normalized spacial score (nSPS) is 13.4. The van der Waals surface area contributed by atoms with Crippen LogP contribution in [0.2, 0.25) is 0 Å². The third-order valence-corrected chi connectivity index (χ3v) is 4.61. The maximum Gasteiger partial charge on any atom is 0.272 e. The van der Waals surface area contributed by atoms with Gasteiger partial charge in [-0.15, -0.1) is 0 Å². The minimum Gasteiger partial charge on any atom is -0.497 e. The lowest BCUT2D eigenvalue weighted by Gasteiger charge is -2.27. The van der Waals surface area contributed by atoms with Gasteiger partial charge in [0, 0.05) is 43.9 Å². The summed E-state index contributed by atoms with van der Waals surface area (Å²) in [6.45, 7) is 1.16. The van der Waals surface area contributed by atoms with Crippen LogP contribution in [0.1, 0.15) is 21.7 Å². The first-order valence-corrected chi connectivity index (χ1v) is 8.41. The second-order valence-electron chi connectivity index (χ2n) is 6.24. The number of ether oxygens (including phenoxy) is 1. The highest BCUT2D eigenvalue weighted by Crippen LogP contribution is 2.25. The predicted molar refractivity (Wildman–Crippen MR) is 95.7 cm³/mol. The van der Waals surface area contributed by atoms with E-state index in [0.29, 0.717) is 18.8 Å². The topological polar surface area (TPSA) is 73.1 Å². The standard InChI is InChI=1S/C19H19N5O2/c1-23-18(9-17(22-23)13-4-3-5-15(8-13)26-2)19(25)24-7-6-16-14(11-24)10-20-12-21-16/h3-5,8-10,12H,6-7,11H2,1-2H3. The van der Waals surface area contributed by atoms with Crippen molar-refractivity contribution in [3.63, 3.8) is 0 Å². The van der Waals surface area contributed by atoms with E-state index in [0.717, 1.165) is 34.7 Å². The lowest BCUT2D eigenvalue weighted by molar-refractivity contribution is 0.0722. The number of aryl methyl sites for hydroxylation is 1. The molecule has 0 fully saturated rings. The molecular weight excluding hydrogens is 330 g/mol. The molecule has 0 saturated heterocycles. The van der Waals surface area contributed by atoms with Crippen LogP contribution in [0.5, 0.6) is 5.75 Å². The van der Waals surface area contributed by atoms with Crippen LogP contribution in [-0.4, -0.2) is 44.2 Å². The first-order chi connectivity index (χ1) is 12.7. The zero-order valence-corrected chi connectivity index (χ0v) is 14.7. The van der Waals surface area contributed by atoms with Crippen molar-refractivity contribution in [2.75, 3.05) is 13.7 Å². The molecule has 0 aliphatic carbocycles. The van der Waals surface area contributed by atoms with Crippen molar-refractivity contribution in [3.05, 3.63) is 59.8 Å². The second kappa shape index (κ2) is 6.59.